The number of fused-ring (bicyclic) bond motifs is 3. The van der Waals surface area contributed by atoms with Gasteiger partial charge in [-0.15, -0.1) is 23.1 Å². The zero-order valence-electron chi connectivity index (χ0n) is 16.3. The van der Waals surface area contributed by atoms with Crippen LogP contribution in [0.15, 0.2) is 29.1 Å². The van der Waals surface area contributed by atoms with Crippen LogP contribution >= 0.6 is 23.1 Å². The van der Waals surface area contributed by atoms with Crippen LogP contribution in [0.25, 0.3) is 10.2 Å². The molecule has 0 spiro atoms. The molecule has 0 fully saturated rings. The van der Waals surface area contributed by atoms with E-state index in [9.17, 15) is 14.0 Å². The van der Waals surface area contributed by atoms with Crippen LogP contribution in [0.5, 0.6) is 5.75 Å². The number of aromatic amines is 1. The van der Waals surface area contributed by atoms with Crippen LogP contribution in [0.4, 0.5) is 4.39 Å². The van der Waals surface area contributed by atoms with Crippen molar-refractivity contribution >= 4 is 39.2 Å². The summed E-state index contributed by atoms with van der Waals surface area (Å²) in [7, 11) is 0. The number of ether oxygens (including phenoxy) is 1. The number of hydrogen-bond acceptors (Lipinski definition) is 6. The van der Waals surface area contributed by atoms with Crippen LogP contribution in [-0.4, -0.2) is 34.8 Å². The van der Waals surface area contributed by atoms with E-state index in [1.807, 2.05) is 0 Å². The number of hydrogen-bond donors (Lipinski definition) is 2. The number of nitrogens with one attached hydrogen (secondary N) is 2. The number of aromatic nitrogens is 2. The van der Waals surface area contributed by atoms with Gasteiger partial charge in [-0.1, -0.05) is 12.1 Å². The Hall–Kier alpha value is -2.39. The highest BCUT2D eigenvalue weighted by Crippen LogP contribution is 2.34. The van der Waals surface area contributed by atoms with E-state index in [1.165, 1.54) is 28.3 Å². The van der Waals surface area contributed by atoms with Gasteiger partial charge < -0.3 is 15.0 Å². The molecule has 0 atom stereocenters. The van der Waals surface area contributed by atoms with Gasteiger partial charge in [-0.3, -0.25) is 9.59 Å². The fourth-order valence-corrected chi connectivity index (χ4v) is 5.45. The van der Waals surface area contributed by atoms with Gasteiger partial charge in [-0.2, -0.15) is 0 Å². The number of carbonyl (C=O) groups excluding carboxylic acids is 1. The van der Waals surface area contributed by atoms with Crippen molar-refractivity contribution in [3.63, 3.8) is 0 Å². The minimum Gasteiger partial charge on any atom is -0.490 e. The molecule has 3 aromatic rings. The molecule has 1 aliphatic carbocycles. The van der Waals surface area contributed by atoms with Crippen LogP contribution in [-0.2, 0) is 23.4 Å². The Morgan fingerprint density at radius 1 is 1.33 bits per heavy atom. The van der Waals surface area contributed by atoms with Crippen molar-refractivity contribution in [2.45, 2.75) is 31.4 Å². The standard InChI is InChI=1S/C21H22FN3O3S2/c22-14-6-1-2-7-15(14)28-10-4-9-23-18(26)12-29-11-17-24-20(27)19-13-5-3-8-16(13)30-21(19)25-17/h1-2,6-7H,3-5,8-12H2,(H,23,26)(H,24,25,27). The summed E-state index contributed by atoms with van der Waals surface area (Å²) in [5.74, 6) is 1.07. The van der Waals surface area contributed by atoms with Crippen LogP contribution in [0.1, 0.15) is 29.1 Å². The Bertz CT molecular complexity index is 1110. The van der Waals surface area contributed by atoms with E-state index >= 15 is 0 Å². The predicted molar refractivity (Wildman–Crippen MR) is 118 cm³/mol. The summed E-state index contributed by atoms with van der Waals surface area (Å²) >= 11 is 3.02. The van der Waals surface area contributed by atoms with Crippen LogP contribution < -0.4 is 15.6 Å². The molecule has 0 saturated heterocycles. The molecule has 2 heterocycles. The fourth-order valence-electron chi connectivity index (χ4n) is 3.45. The van der Waals surface area contributed by atoms with Crippen molar-refractivity contribution in [3.05, 3.63) is 56.7 Å². The first-order chi connectivity index (χ1) is 14.6. The van der Waals surface area contributed by atoms with Crippen molar-refractivity contribution in [1.29, 1.82) is 0 Å². The Balaban J connectivity index is 1.18. The number of nitrogens with zero attached hydrogens (tertiary/aromatic N) is 1. The summed E-state index contributed by atoms with van der Waals surface area (Å²) in [5, 5.41) is 3.56. The molecule has 0 radical (unpaired) electrons. The first kappa shape index (κ1) is 20.9. The molecule has 4 rings (SSSR count). The molecule has 0 bridgehead atoms. The number of rotatable bonds is 9. The molecule has 30 heavy (non-hydrogen) atoms. The summed E-state index contributed by atoms with van der Waals surface area (Å²) in [6.07, 6.45) is 3.68. The van der Waals surface area contributed by atoms with E-state index < -0.39 is 5.82 Å². The van der Waals surface area contributed by atoms with Gasteiger partial charge in [0, 0.05) is 11.4 Å². The van der Waals surface area contributed by atoms with Gasteiger partial charge in [0.05, 0.1) is 23.5 Å². The number of amides is 1. The van der Waals surface area contributed by atoms with Gasteiger partial charge in [-0.25, -0.2) is 9.37 Å². The molecule has 9 heteroatoms. The van der Waals surface area contributed by atoms with Gasteiger partial charge in [0.1, 0.15) is 10.7 Å². The molecule has 1 aromatic carbocycles. The zero-order chi connectivity index (χ0) is 20.9. The minimum atomic E-state index is -0.394. The molecule has 2 aromatic heterocycles. The highest BCUT2D eigenvalue weighted by atomic mass is 32.2. The molecule has 158 valence electrons. The normalized spacial score (nSPS) is 12.8. The van der Waals surface area contributed by atoms with Gasteiger partial charge in [-0.05, 0) is 43.4 Å². The number of para-hydroxylation sites is 1. The van der Waals surface area contributed by atoms with Crippen molar-refractivity contribution in [1.82, 2.24) is 15.3 Å². The first-order valence-corrected chi connectivity index (χ1v) is 11.8. The third-order valence-corrected chi connectivity index (χ3v) is 6.96. The van der Waals surface area contributed by atoms with E-state index in [4.69, 9.17) is 4.74 Å². The molecular formula is C21H22FN3O3S2. The molecule has 2 N–H and O–H groups in total. The number of thioether (sulfide) groups is 1. The van der Waals surface area contributed by atoms with Gasteiger partial charge in [0.25, 0.3) is 5.56 Å². The zero-order valence-corrected chi connectivity index (χ0v) is 18.0. The SMILES string of the molecule is O=C(CSCc1nc2sc3c(c2c(=O)[nH]1)CCC3)NCCCOc1ccccc1F. The fraction of sp³-hybridized carbons (Fsp3) is 0.381. The monoisotopic (exact) mass is 447 g/mol. The Morgan fingerprint density at radius 3 is 3.07 bits per heavy atom. The number of thiophene rings is 1. The highest BCUT2D eigenvalue weighted by Gasteiger charge is 2.21. The molecule has 1 aliphatic rings. The number of halogens is 1. The average molecular weight is 448 g/mol. The molecule has 0 saturated carbocycles. The topological polar surface area (TPSA) is 84.1 Å². The van der Waals surface area contributed by atoms with Gasteiger partial charge in [0.2, 0.25) is 5.91 Å². The van der Waals surface area contributed by atoms with E-state index in [0.29, 0.717) is 31.1 Å². The van der Waals surface area contributed by atoms with E-state index in [-0.39, 0.29) is 23.0 Å². The van der Waals surface area contributed by atoms with E-state index in [0.717, 1.165) is 29.5 Å². The van der Waals surface area contributed by atoms with E-state index in [1.54, 1.807) is 29.5 Å². The third kappa shape index (κ3) is 4.84. The summed E-state index contributed by atoms with van der Waals surface area (Å²) < 4.78 is 18.8. The lowest BCUT2D eigenvalue weighted by Crippen LogP contribution is -2.27. The lowest BCUT2D eigenvalue weighted by atomic mass is 10.2. The van der Waals surface area contributed by atoms with E-state index in [2.05, 4.69) is 15.3 Å². The maximum Gasteiger partial charge on any atom is 0.259 e. The largest absolute Gasteiger partial charge is 0.490 e. The first-order valence-electron chi connectivity index (χ1n) is 9.87. The predicted octanol–water partition coefficient (Wildman–Crippen LogP) is 3.43. The smallest absolute Gasteiger partial charge is 0.259 e. The molecule has 0 aliphatic heterocycles. The Labute approximate surface area is 181 Å². The van der Waals surface area contributed by atoms with Gasteiger partial charge in [0.15, 0.2) is 11.6 Å². The average Bonchev–Trinajstić information content (AvgIpc) is 3.30. The number of aryl methyl sites for hydroxylation is 2. The minimum absolute atomic E-state index is 0.0747. The van der Waals surface area contributed by atoms with Gasteiger partial charge >= 0.3 is 0 Å². The number of carbonyl (C=O) groups is 1. The lowest BCUT2D eigenvalue weighted by molar-refractivity contribution is -0.118. The van der Waals surface area contributed by atoms with Crippen LogP contribution in [0.3, 0.4) is 0 Å². The molecular weight excluding hydrogens is 425 g/mol. The lowest BCUT2D eigenvalue weighted by Gasteiger charge is -2.08. The van der Waals surface area contributed by atoms with Crippen molar-refractivity contribution in [2.75, 3.05) is 18.9 Å². The quantitative estimate of drug-likeness (QED) is 0.491. The number of H-pyrrole nitrogens is 1. The Morgan fingerprint density at radius 2 is 2.20 bits per heavy atom. The molecule has 1 amide bonds. The maximum absolute atomic E-state index is 13.4. The van der Waals surface area contributed by atoms with Crippen LogP contribution in [0, 0.1) is 5.82 Å². The third-order valence-electron chi connectivity index (χ3n) is 4.83. The number of benzene rings is 1. The highest BCUT2D eigenvalue weighted by molar-refractivity contribution is 7.99. The molecule has 6 nitrogen and oxygen atoms in total. The van der Waals surface area contributed by atoms with Crippen molar-refractivity contribution < 1.29 is 13.9 Å². The summed E-state index contributed by atoms with van der Waals surface area (Å²) in [4.78, 5) is 33.9. The van der Waals surface area contributed by atoms with Crippen LogP contribution in [0.2, 0.25) is 0 Å². The second-order valence-electron chi connectivity index (χ2n) is 7.03. The second-order valence-corrected chi connectivity index (χ2v) is 9.09. The second kappa shape index (κ2) is 9.61. The van der Waals surface area contributed by atoms with Crippen molar-refractivity contribution in [3.8, 4) is 5.75 Å². The molecule has 0 unspecified atom stereocenters. The summed E-state index contributed by atoms with van der Waals surface area (Å²) in [6.45, 7) is 0.778. The summed E-state index contributed by atoms with van der Waals surface area (Å²) in [6, 6.07) is 6.24. The Kier molecular flexibility index (Phi) is 6.69. The summed E-state index contributed by atoms with van der Waals surface area (Å²) in [5.41, 5.74) is 1.09. The maximum atomic E-state index is 13.4. The van der Waals surface area contributed by atoms with Crippen molar-refractivity contribution in [2.24, 2.45) is 0 Å².